The Morgan fingerprint density at radius 2 is 1.65 bits per heavy atom. The molecular formula is C44H47N5O5. The van der Waals surface area contributed by atoms with E-state index in [1.54, 1.807) is 42.5 Å². The van der Waals surface area contributed by atoms with Crippen LogP contribution in [0.3, 0.4) is 0 Å². The van der Waals surface area contributed by atoms with E-state index in [1.165, 1.54) is 56.1 Å². The zero-order valence-electron chi connectivity index (χ0n) is 31.0. The molecule has 0 spiro atoms. The summed E-state index contributed by atoms with van der Waals surface area (Å²) < 4.78 is 5.15. The fourth-order valence-electron chi connectivity index (χ4n) is 7.80. The predicted molar refractivity (Wildman–Crippen MR) is 207 cm³/mol. The molecule has 1 saturated carbocycles. The number of carboxylic acids is 1. The first-order chi connectivity index (χ1) is 26.2. The summed E-state index contributed by atoms with van der Waals surface area (Å²) in [7, 11) is 1.51. The van der Waals surface area contributed by atoms with Crippen LogP contribution in [0, 0.1) is 29.1 Å². The van der Waals surface area contributed by atoms with Crippen molar-refractivity contribution in [3.63, 3.8) is 0 Å². The minimum Gasteiger partial charge on any atom is -0.497 e. The van der Waals surface area contributed by atoms with Gasteiger partial charge in [0.15, 0.2) is 5.82 Å². The molecule has 1 unspecified atom stereocenters. The number of aliphatic carboxylic acids is 1. The summed E-state index contributed by atoms with van der Waals surface area (Å²) in [6, 6.07) is 20.8. The molecule has 278 valence electrons. The van der Waals surface area contributed by atoms with E-state index >= 15 is 0 Å². The first-order valence-electron chi connectivity index (χ1n) is 18.8. The maximum absolute atomic E-state index is 13.5. The molecule has 1 atom stereocenters. The molecule has 54 heavy (non-hydrogen) atoms. The van der Waals surface area contributed by atoms with Crippen LogP contribution in [0.15, 0.2) is 85.2 Å². The van der Waals surface area contributed by atoms with Crippen LogP contribution in [0.4, 0.5) is 5.69 Å². The largest absolute Gasteiger partial charge is 0.497 e. The lowest BCUT2D eigenvalue weighted by atomic mass is 9.71. The lowest BCUT2D eigenvalue weighted by Crippen LogP contribution is -2.35. The summed E-state index contributed by atoms with van der Waals surface area (Å²) in [5, 5.41) is 21.8. The summed E-state index contributed by atoms with van der Waals surface area (Å²) in [6.07, 6.45) is 16.5. The van der Waals surface area contributed by atoms with E-state index in [0.717, 1.165) is 47.3 Å². The molecule has 2 aliphatic rings. The molecule has 1 fully saturated rings. The van der Waals surface area contributed by atoms with Crippen LogP contribution in [0.5, 0.6) is 5.75 Å². The summed E-state index contributed by atoms with van der Waals surface area (Å²) in [4.78, 5) is 48.5. The third-order valence-corrected chi connectivity index (χ3v) is 11.0. The number of nitrogens with one attached hydrogen (secondary N) is 1. The number of nitrogens with zero attached hydrogens (tertiary/aromatic N) is 4. The van der Waals surface area contributed by atoms with Crippen molar-refractivity contribution in [3.05, 3.63) is 113 Å². The second-order valence-corrected chi connectivity index (χ2v) is 14.4. The number of rotatable bonds is 13. The quantitative estimate of drug-likeness (QED) is 0.140. The highest BCUT2D eigenvalue weighted by Crippen LogP contribution is 2.41. The minimum absolute atomic E-state index is 0.0191. The Labute approximate surface area is 316 Å². The number of carbonyl (C=O) groups is 3. The van der Waals surface area contributed by atoms with Crippen molar-refractivity contribution in [2.45, 2.75) is 71.3 Å². The van der Waals surface area contributed by atoms with Gasteiger partial charge in [0.1, 0.15) is 12.3 Å². The molecule has 1 aromatic heterocycles. The number of nitriles is 1. The first-order valence-corrected chi connectivity index (χ1v) is 18.8. The van der Waals surface area contributed by atoms with Crippen molar-refractivity contribution in [3.8, 4) is 23.2 Å². The zero-order chi connectivity index (χ0) is 38.0. The monoisotopic (exact) mass is 725 g/mol. The third kappa shape index (κ3) is 9.58. The molecule has 0 saturated heterocycles. The average Bonchev–Trinajstić information content (AvgIpc) is 3.21. The molecule has 0 radical (unpaired) electrons. The molecule has 2 amide bonds. The summed E-state index contributed by atoms with van der Waals surface area (Å²) in [6.45, 7) is 1.92. The second-order valence-electron chi connectivity index (χ2n) is 14.4. The number of aromatic nitrogens is 2. The lowest BCUT2D eigenvalue weighted by Gasteiger charge is -2.35. The Hall–Kier alpha value is -5.82. The molecule has 2 N–H and O–H groups in total. The molecule has 2 aliphatic carbocycles. The highest BCUT2D eigenvalue weighted by molar-refractivity contribution is 5.97. The first kappa shape index (κ1) is 37.9. The van der Waals surface area contributed by atoms with Crippen LogP contribution in [0.2, 0.25) is 0 Å². The normalized spacial score (nSPS) is 18.2. The van der Waals surface area contributed by atoms with Gasteiger partial charge in [-0.25, -0.2) is 9.97 Å². The zero-order valence-corrected chi connectivity index (χ0v) is 31.0. The Bertz CT molecular complexity index is 2010. The highest BCUT2D eigenvalue weighted by atomic mass is 16.5. The molecule has 10 nitrogen and oxygen atoms in total. The molecule has 3 aromatic carbocycles. The Morgan fingerprint density at radius 3 is 2.26 bits per heavy atom. The molecule has 1 heterocycles. The molecule has 4 aromatic rings. The topological polar surface area (TPSA) is 146 Å². The fourth-order valence-corrected chi connectivity index (χ4v) is 7.80. The maximum atomic E-state index is 13.5. The van der Waals surface area contributed by atoms with Gasteiger partial charge < -0.3 is 20.1 Å². The molecule has 0 aliphatic heterocycles. The van der Waals surface area contributed by atoms with Gasteiger partial charge in [0.05, 0.1) is 25.2 Å². The van der Waals surface area contributed by atoms with Gasteiger partial charge in [0.25, 0.3) is 5.91 Å². The van der Waals surface area contributed by atoms with Gasteiger partial charge in [-0.05, 0) is 103 Å². The summed E-state index contributed by atoms with van der Waals surface area (Å²) in [5.74, 6) is 1.81. The van der Waals surface area contributed by atoms with Gasteiger partial charge >= 0.3 is 5.97 Å². The Balaban J connectivity index is 1.04. The van der Waals surface area contributed by atoms with Crippen molar-refractivity contribution in [2.24, 2.45) is 17.8 Å². The summed E-state index contributed by atoms with van der Waals surface area (Å²) >= 11 is 0. The highest BCUT2D eigenvalue weighted by Gasteiger charge is 2.28. The summed E-state index contributed by atoms with van der Waals surface area (Å²) in [5.41, 5.74) is 5.64. The van der Waals surface area contributed by atoms with Crippen LogP contribution in [-0.2, 0) is 22.6 Å². The van der Waals surface area contributed by atoms with Crippen molar-refractivity contribution in [2.75, 3.05) is 19.0 Å². The van der Waals surface area contributed by atoms with E-state index in [0.29, 0.717) is 28.4 Å². The van der Waals surface area contributed by atoms with Crippen molar-refractivity contribution < 1.29 is 24.2 Å². The number of hydrogen-bond acceptors (Lipinski definition) is 7. The number of benzene rings is 3. The smallest absolute Gasteiger partial charge is 0.323 e. The van der Waals surface area contributed by atoms with E-state index in [-0.39, 0.29) is 24.4 Å². The second kappa shape index (κ2) is 17.8. The van der Waals surface area contributed by atoms with Gasteiger partial charge in [-0.15, -0.1) is 0 Å². The SMILES string of the molecule is CC[C@H]1CC[C@H](C2CC=C(c3cnc(-c4ccc(CN(CC(=O)O)C(=O)c5ccc(NC(=O)Cc6ccc(OC)cc6C#N)cc5)cc4)nc3)CC2)CC1. The van der Waals surface area contributed by atoms with Gasteiger partial charge in [-0.2, -0.15) is 5.26 Å². The lowest BCUT2D eigenvalue weighted by molar-refractivity contribution is -0.137. The van der Waals surface area contributed by atoms with Gasteiger partial charge in [-0.1, -0.05) is 62.6 Å². The number of allylic oxidation sites excluding steroid dienone is 2. The predicted octanol–water partition coefficient (Wildman–Crippen LogP) is 8.33. The number of hydrogen-bond donors (Lipinski definition) is 2. The van der Waals surface area contributed by atoms with Gasteiger partial charge in [0.2, 0.25) is 5.91 Å². The number of anilines is 1. The van der Waals surface area contributed by atoms with E-state index < -0.39 is 18.4 Å². The Kier molecular flexibility index (Phi) is 12.5. The molecule has 0 bridgehead atoms. The van der Waals surface area contributed by atoms with Gasteiger partial charge in [-0.3, -0.25) is 14.4 Å². The fraction of sp³-hybridized carbons (Fsp3) is 0.364. The van der Waals surface area contributed by atoms with Crippen LogP contribution in [0.25, 0.3) is 17.0 Å². The number of ether oxygens (including phenoxy) is 1. The van der Waals surface area contributed by atoms with Crippen molar-refractivity contribution >= 4 is 29.0 Å². The number of methoxy groups -OCH3 is 1. The molecule has 10 heteroatoms. The van der Waals surface area contributed by atoms with Crippen molar-refractivity contribution in [1.29, 1.82) is 5.26 Å². The Morgan fingerprint density at radius 1 is 0.926 bits per heavy atom. The van der Waals surface area contributed by atoms with Crippen LogP contribution >= 0.6 is 0 Å². The van der Waals surface area contributed by atoms with Crippen LogP contribution in [-0.4, -0.2) is 51.4 Å². The van der Waals surface area contributed by atoms with E-state index in [1.807, 2.05) is 36.7 Å². The average molecular weight is 726 g/mol. The maximum Gasteiger partial charge on any atom is 0.323 e. The number of amides is 2. The van der Waals surface area contributed by atoms with E-state index in [2.05, 4.69) is 34.4 Å². The number of carbonyl (C=O) groups excluding carboxylic acids is 2. The molecular weight excluding hydrogens is 679 g/mol. The third-order valence-electron chi connectivity index (χ3n) is 11.0. The van der Waals surface area contributed by atoms with E-state index in [9.17, 15) is 24.8 Å². The van der Waals surface area contributed by atoms with Gasteiger partial charge in [0, 0.05) is 41.3 Å². The van der Waals surface area contributed by atoms with Crippen molar-refractivity contribution in [1.82, 2.24) is 14.9 Å². The standard InChI is InChI=1S/C44H47N5O5/c1-3-29-4-8-31(9-5-29)32-12-14-33(15-13-32)38-25-46-43(47-26-38)34-10-6-30(7-11-34)27-49(28-42(51)52)44(53)35-16-19-39(20-17-35)48-41(50)23-36-18-21-40(54-2)22-37(36)24-45/h6-7,10-11,14,16-22,25-26,29,31-32H,3-5,8-9,12-13,15,23,27-28H2,1-2H3,(H,48,50)(H,51,52)/t29-,31-,32?. The molecule has 6 rings (SSSR count). The minimum atomic E-state index is -1.13. The number of carboxylic acid groups (broad SMARTS) is 1. The van der Waals surface area contributed by atoms with Crippen LogP contribution < -0.4 is 10.1 Å². The van der Waals surface area contributed by atoms with Crippen LogP contribution in [0.1, 0.15) is 90.9 Å². The van der Waals surface area contributed by atoms with E-state index in [4.69, 9.17) is 4.74 Å².